The predicted octanol–water partition coefficient (Wildman–Crippen LogP) is 3.59. The molecule has 0 amide bonds. The van der Waals surface area contributed by atoms with Gasteiger partial charge in [0.05, 0.1) is 6.10 Å². The minimum Gasteiger partial charge on any atom is -0.388 e. The van der Waals surface area contributed by atoms with Crippen LogP contribution in [0.25, 0.3) is 0 Å². The van der Waals surface area contributed by atoms with E-state index in [4.69, 9.17) is 5.73 Å². The fourth-order valence-corrected chi connectivity index (χ4v) is 3.11. The Morgan fingerprint density at radius 2 is 2.17 bits per heavy atom. The highest BCUT2D eigenvalue weighted by atomic mass is 79.9. The maximum atomic E-state index is 10.5. The second kappa shape index (κ2) is 5.97. The van der Waals surface area contributed by atoms with Crippen LogP contribution in [-0.2, 0) is 0 Å². The molecule has 0 saturated carbocycles. The van der Waals surface area contributed by atoms with Crippen LogP contribution in [0.5, 0.6) is 0 Å². The standard InChI is InChI=1S/C14H16BrNOS/c1-9-7-10(4-5-12(9)15)14(17)11(8-16)13-3-2-6-18-13/h2-7,11,14,17H,8,16H2,1H3. The van der Waals surface area contributed by atoms with E-state index in [1.54, 1.807) is 11.3 Å². The molecule has 0 saturated heterocycles. The summed E-state index contributed by atoms with van der Waals surface area (Å²) in [6, 6.07) is 9.93. The summed E-state index contributed by atoms with van der Waals surface area (Å²) in [5.74, 6) is -0.0365. The Morgan fingerprint density at radius 1 is 1.39 bits per heavy atom. The molecular weight excluding hydrogens is 310 g/mol. The van der Waals surface area contributed by atoms with Gasteiger partial charge in [-0.25, -0.2) is 0 Å². The van der Waals surface area contributed by atoms with Crippen molar-refractivity contribution in [1.29, 1.82) is 0 Å². The topological polar surface area (TPSA) is 46.2 Å². The maximum Gasteiger partial charge on any atom is 0.0878 e. The first-order valence-electron chi connectivity index (χ1n) is 5.81. The van der Waals surface area contributed by atoms with Crippen LogP contribution in [0.1, 0.15) is 28.0 Å². The molecule has 2 aromatic rings. The van der Waals surface area contributed by atoms with Gasteiger partial charge in [-0.2, -0.15) is 0 Å². The molecule has 0 fully saturated rings. The van der Waals surface area contributed by atoms with Crippen molar-refractivity contribution in [2.75, 3.05) is 6.54 Å². The summed E-state index contributed by atoms with van der Waals surface area (Å²) < 4.78 is 1.05. The minimum atomic E-state index is -0.555. The van der Waals surface area contributed by atoms with E-state index in [2.05, 4.69) is 15.9 Å². The van der Waals surface area contributed by atoms with Crippen LogP contribution in [0, 0.1) is 6.92 Å². The first-order valence-corrected chi connectivity index (χ1v) is 7.48. The molecule has 2 rings (SSSR count). The minimum absolute atomic E-state index is 0.0365. The van der Waals surface area contributed by atoms with Crippen molar-refractivity contribution in [2.24, 2.45) is 5.73 Å². The van der Waals surface area contributed by atoms with Crippen molar-refractivity contribution in [3.63, 3.8) is 0 Å². The lowest BCUT2D eigenvalue weighted by Crippen LogP contribution is -2.19. The fourth-order valence-electron chi connectivity index (χ4n) is 1.99. The lowest BCUT2D eigenvalue weighted by molar-refractivity contribution is 0.148. The van der Waals surface area contributed by atoms with Gasteiger partial charge in [-0.05, 0) is 35.6 Å². The van der Waals surface area contributed by atoms with E-state index < -0.39 is 6.10 Å². The van der Waals surface area contributed by atoms with Gasteiger partial charge in [0.15, 0.2) is 0 Å². The zero-order chi connectivity index (χ0) is 13.1. The third-order valence-corrected chi connectivity index (χ3v) is 4.96. The monoisotopic (exact) mass is 325 g/mol. The SMILES string of the molecule is Cc1cc(C(O)C(CN)c2cccs2)ccc1Br. The summed E-state index contributed by atoms with van der Waals surface area (Å²) in [5.41, 5.74) is 7.84. The number of nitrogens with two attached hydrogens (primary N) is 1. The first-order chi connectivity index (χ1) is 8.63. The summed E-state index contributed by atoms with van der Waals surface area (Å²) in [5, 5.41) is 12.5. The smallest absolute Gasteiger partial charge is 0.0878 e. The quantitative estimate of drug-likeness (QED) is 0.902. The van der Waals surface area contributed by atoms with Gasteiger partial charge in [-0.15, -0.1) is 11.3 Å². The molecule has 1 aromatic carbocycles. The highest BCUT2D eigenvalue weighted by Crippen LogP contribution is 2.33. The summed E-state index contributed by atoms with van der Waals surface area (Å²) in [6.45, 7) is 2.46. The van der Waals surface area contributed by atoms with Gasteiger partial charge in [0.2, 0.25) is 0 Å². The summed E-state index contributed by atoms with van der Waals surface area (Å²) in [7, 11) is 0. The Hall–Kier alpha value is -0.680. The Balaban J connectivity index is 2.28. The van der Waals surface area contributed by atoms with Crippen LogP contribution in [-0.4, -0.2) is 11.7 Å². The van der Waals surface area contributed by atoms with E-state index >= 15 is 0 Å². The zero-order valence-electron chi connectivity index (χ0n) is 10.1. The molecule has 2 unspecified atom stereocenters. The van der Waals surface area contributed by atoms with Gasteiger partial charge in [0, 0.05) is 21.8 Å². The number of halogens is 1. The maximum absolute atomic E-state index is 10.5. The van der Waals surface area contributed by atoms with E-state index in [-0.39, 0.29) is 5.92 Å². The van der Waals surface area contributed by atoms with Crippen molar-refractivity contribution >= 4 is 27.3 Å². The molecule has 2 nitrogen and oxygen atoms in total. The molecule has 1 heterocycles. The van der Waals surface area contributed by atoms with Gasteiger partial charge in [0.25, 0.3) is 0 Å². The van der Waals surface area contributed by atoms with Crippen molar-refractivity contribution in [1.82, 2.24) is 0 Å². The number of rotatable bonds is 4. The molecule has 0 bridgehead atoms. The lowest BCUT2D eigenvalue weighted by Gasteiger charge is -2.21. The number of benzene rings is 1. The molecule has 0 spiro atoms. The van der Waals surface area contributed by atoms with E-state index in [0.29, 0.717) is 6.54 Å². The highest BCUT2D eigenvalue weighted by Gasteiger charge is 2.22. The molecular formula is C14H16BrNOS. The number of aliphatic hydroxyl groups excluding tert-OH is 1. The molecule has 96 valence electrons. The van der Waals surface area contributed by atoms with Crippen LogP contribution in [0.2, 0.25) is 0 Å². The van der Waals surface area contributed by atoms with Crippen molar-refractivity contribution in [3.8, 4) is 0 Å². The largest absolute Gasteiger partial charge is 0.388 e. The van der Waals surface area contributed by atoms with E-state index in [9.17, 15) is 5.11 Å². The molecule has 0 aliphatic rings. The number of aliphatic hydroxyl groups is 1. The normalized spacial score (nSPS) is 14.4. The molecule has 0 aliphatic carbocycles. The molecule has 1 aromatic heterocycles. The average Bonchev–Trinajstić information content (AvgIpc) is 2.87. The van der Waals surface area contributed by atoms with Gasteiger partial charge >= 0.3 is 0 Å². The molecule has 2 atom stereocenters. The lowest BCUT2D eigenvalue weighted by atomic mass is 9.93. The van der Waals surface area contributed by atoms with Gasteiger partial charge in [-0.1, -0.05) is 34.1 Å². The van der Waals surface area contributed by atoms with Crippen molar-refractivity contribution in [2.45, 2.75) is 18.9 Å². The summed E-state index contributed by atoms with van der Waals surface area (Å²) in [4.78, 5) is 1.13. The summed E-state index contributed by atoms with van der Waals surface area (Å²) in [6.07, 6.45) is -0.555. The molecule has 4 heteroatoms. The van der Waals surface area contributed by atoms with Crippen LogP contribution in [0.4, 0.5) is 0 Å². The third kappa shape index (κ3) is 2.83. The number of hydrogen-bond acceptors (Lipinski definition) is 3. The Kier molecular flexibility index (Phi) is 4.56. The number of aryl methyl sites for hydroxylation is 1. The second-order valence-corrected chi connectivity index (χ2v) is 6.14. The Morgan fingerprint density at radius 3 is 2.72 bits per heavy atom. The van der Waals surface area contributed by atoms with E-state index in [1.165, 1.54) is 0 Å². The molecule has 3 N–H and O–H groups in total. The van der Waals surface area contributed by atoms with Gasteiger partial charge in [0.1, 0.15) is 0 Å². The van der Waals surface area contributed by atoms with E-state index in [0.717, 1.165) is 20.5 Å². The van der Waals surface area contributed by atoms with Gasteiger partial charge in [-0.3, -0.25) is 0 Å². The van der Waals surface area contributed by atoms with Crippen LogP contribution in [0.3, 0.4) is 0 Å². The Bertz CT molecular complexity index is 513. The van der Waals surface area contributed by atoms with E-state index in [1.807, 2.05) is 42.6 Å². The van der Waals surface area contributed by atoms with Crippen LogP contribution >= 0.6 is 27.3 Å². The van der Waals surface area contributed by atoms with Crippen LogP contribution < -0.4 is 5.73 Å². The predicted molar refractivity (Wildman–Crippen MR) is 80.0 cm³/mol. The highest BCUT2D eigenvalue weighted by molar-refractivity contribution is 9.10. The fraction of sp³-hybridized carbons (Fsp3) is 0.286. The van der Waals surface area contributed by atoms with Crippen LogP contribution in [0.15, 0.2) is 40.2 Å². The Labute approximate surface area is 120 Å². The second-order valence-electron chi connectivity index (χ2n) is 4.31. The zero-order valence-corrected chi connectivity index (χ0v) is 12.5. The number of hydrogen-bond donors (Lipinski definition) is 2. The molecule has 18 heavy (non-hydrogen) atoms. The first kappa shape index (κ1) is 13.7. The summed E-state index contributed by atoms with van der Waals surface area (Å²) >= 11 is 5.10. The molecule has 0 radical (unpaired) electrons. The van der Waals surface area contributed by atoms with Gasteiger partial charge < -0.3 is 10.8 Å². The third-order valence-electron chi connectivity index (χ3n) is 3.07. The number of thiophene rings is 1. The van der Waals surface area contributed by atoms with Crippen molar-refractivity contribution in [3.05, 3.63) is 56.2 Å². The average molecular weight is 326 g/mol. The van der Waals surface area contributed by atoms with Crippen molar-refractivity contribution < 1.29 is 5.11 Å². The molecule has 0 aliphatic heterocycles.